The van der Waals surface area contributed by atoms with Crippen LogP contribution >= 0.6 is 11.3 Å². The number of amides is 1. The number of nitrogens with one attached hydrogen (secondary N) is 1. The summed E-state index contributed by atoms with van der Waals surface area (Å²) in [4.78, 5) is 42.1. The second-order valence-corrected chi connectivity index (χ2v) is 9.28. The summed E-state index contributed by atoms with van der Waals surface area (Å²) in [5.41, 5.74) is 2.24. The maximum absolute atomic E-state index is 12.4. The summed E-state index contributed by atoms with van der Waals surface area (Å²) in [6.07, 6.45) is 1.93. The van der Waals surface area contributed by atoms with Gasteiger partial charge in [0.05, 0.1) is 20.7 Å². The number of aryl methyl sites for hydroxylation is 1. The summed E-state index contributed by atoms with van der Waals surface area (Å²) >= 11 is 1.33. The van der Waals surface area contributed by atoms with Crippen molar-refractivity contribution in [2.24, 2.45) is 5.92 Å². The molecule has 4 rings (SSSR count). The number of carbonyl (C=O) groups excluding carboxylic acids is 2. The fourth-order valence-electron chi connectivity index (χ4n) is 3.77. The highest BCUT2D eigenvalue weighted by Gasteiger charge is 2.25. The molecule has 33 heavy (non-hydrogen) atoms. The maximum atomic E-state index is 12.4. The standard InChI is InChI=1S/C23H24N4O5S/c1-14-7-9-26(10-8-14)18-6-4-16(12-19(18)27(30)31)22(29)32-13-21(28)25-23-24-17-5-3-15(2)11-20(17)33-23/h3-6,11-12,14H,7-10,13H2,1-2H3,(H,24,25,28). The largest absolute Gasteiger partial charge is 0.452 e. The topological polar surface area (TPSA) is 115 Å². The molecule has 0 atom stereocenters. The number of nitrogens with zero attached hydrogens (tertiary/aromatic N) is 3. The lowest BCUT2D eigenvalue weighted by Crippen LogP contribution is -2.33. The van der Waals surface area contributed by atoms with Gasteiger partial charge >= 0.3 is 5.97 Å². The van der Waals surface area contributed by atoms with Gasteiger partial charge in [0.2, 0.25) is 0 Å². The first-order valence-corrected chi connectivity index (χ1v) is 11.5. The number of hydrogen-bond donors (Lipinski definition) is 1. The number of carbonyl (C=O) groups is 2. The number of fused-ring (bicyclic) bond motifs is 1. The van der Waals surface area contributed by atoms with Crippen LogP contribution in [0.15, 0.2) is 36.4 Å². The van der Waals surface area contributed by atoms with Crippen molar-refractivity contribution < 1.29 is 19.2 Å². The summed E-state index contributed by atoms with van der Waals surface area (Å²) < 4.78 is 6.02. The normalized spacial score (nSPS) is 14.3. The summed E-state index contributed by atoms with van der Waals surface area (Å²) in [5, 5.41) is 14.7. The third-order valence-corrected chi connectivity index (χ3v) is 6.59. The predicted octanol–water partition coefficient (Wildman–Crippen LogP) is 4.54. The van der Waals surface area contributed by atoms with E-state index < -0.39 is 23.4 Å². The molecule has 1 N–H and O–H groups in total. The number of esters is 1. The second-order valence-electron chi connectivity index (χ2n) is 8.24. The number of benzene rings is 2. The van der Waals surface area contributed by atoms with Crippen LogP contribution in [0.3, 0.4) is 0 Å². The Morgan fingerprint density at radius 3 is 2.73 bits per heavy atom. The molecule has 0 spiro atoms. The summed E-state index contributed by atoms with van der Waals surface area (Å²) in [6.45, 7) is 5.08. The zero-order valence-electron chi connectivity index (χ0n) is 18.4. The molecule has 0 aliphatic carbocycles. The molecule has 1 aliphatic rings. The van der Waals surface area contributed by atoms with Gasteiger partial charge in [-0.15, -0.1) is 0 Å². The number of rotatable bonds is 6. The zero-order valence-corrected chi connectivity index (χ0v) is 19.2. The Morgan fingerprint density at radius 2 is 2.00 bits per heavy atom. The molecule has 172 valence electrons. The summed E-state index contributed by atoms with van der Waals surface area (Å²) in [7, 11) is 0. The van der Waals surface area contributed by atoms with Gasteiger partial charge in [0.15, 0.2) is 11.7 Å². The van der Waals surface area contributed by atoms with Gasteiger partial charge in [0.1, 0.15) is 5.69 Å². The van der Waals surface area contributed by atoms with Crippen LogP contribution in [-0.2, 0) is 9.53 Å². The van der Waals surface area contributed by atoms with Crippen molar-refractivity contribution >= 4 is 49.9 Å². The SMILES string of the molecule is Cc1ccc2nc(NC(=O)COC(=O)c3ccc(N4CCC(C)CC4)c([N+](=O)[O-])c3)sc2c1. The molecule has 10 heteroatoms. The highest BCUT2D eigenvalue weighted by atomic mass is 32.1. The molecule has 1 saturated heterocycles. The van der Waals surface area contributed by atoms with E-state index in [1.54, 1.807) is 6.07 Å². The first kappa shape index (κ1) is 22.7. The number of aromatic nitrogens is 1. The number of ether oxygens (including phenoxy) is 1. The van der Waals surface area contributed by atoms with Gasteiger partial charge in [-0.1, -0.05) is 24.3 Å². The lowest BCUT2D eigenvalue weighted by atomic mass is 9.98. The molecular weight excluding hydrogens is 444 g/mol. The van der Waals surface area contributed by atoms with E-state index >= 15 is 0 Å². The minimum absolute atomic E-state index is 0.0269. The number of piperidine rings is 1. The summed E-state index contributed by atoms with van der Waals surface area (Å²) in [5.74, 6) is -0.743. The Hall–Kier alpha value is -3.53. The highest BCUT2D eigenvalue weighted by Crippen LogP contribution is 2.32. The van der Waals surface area contributed by atoms with Crippen LogP contribution in [0.1, 0.15) is 35.7 Å². The Kier molecular flexibility index (Phi) is 6.55. The minimum atomic E-state index is -0.799. The monoisotopic (exact) mass is 468 g/mol. The Morgan fingerprint density at radius 1 is 1.24 bits per heavy atom. The van der Waals surface area contributed by atoms with E-state index in [1.165, 1.54) is 23.5 Å². The zero-order chi connectivity index (χ0) is 23.5. The van der Waals surface area contributed by atoms with Gasteiger partial charge in [0, 0.05) is 19.2 Å². The van der Waals surface area contributed by atoms with Crippen molar-refractivity contribution in [3.63, 3.8) is 0 Å². The molecule has 9 nitrogen and oxygen atoms in total. The molecule has 3 aromatic rings. The molecule has 0 saturated carbocycles. The van der Waals surface area contributed by atoms with Crippen LogP contribution in [0, 0.1) is 23.0 Å². The molecule has 1 aromatic heterocycles. The minimum Gasteiger partial charge on any atom is -0.452 e. The smallest absolute Gasteiger partial charge is 0.338 e. The Bertz CT molecular complexity index is 1220. The van der Waals surface area contributed by atoms with Crippen LogP contribution < -0.4 is 10.2 Å². The molecule has 1 aliphatic heterocycles. The third kappa shape index (κ3) is 5.28. The maximum Gasteiger partial charge on any atom is 0.338 e. The average molecular weight is 469 g/mol. The molecule has 2 aromatic carbocycles. The van der Waals surface area contributed by atoms with Crippen molar-refractivity contribution in [3.05, 3.63) is 57.6 Å². The van der Waals surface area contributed by atoms with Crippen LogP contribution in [0.2, 0.25) is 0 Å². The van der Waals surface area contributed by atoms with E-state index in [4.69, 9.17) is 4.74 Å². The van der Waals surface area contributed by atoms with Crippen LogP contribution in [0.5, 0.6) is 0 Å². The third-order valence-electron chi connectivity index (χ3n) is 5.66. The Labute approximate surface area is 194 Å². The van der Waals surface area contributed by atoms with Gasteiger partial charge in [-0.05, 0) is 55.5 Å². The van der Waals surface area contributed by atoms with Crippen molar-refractivity contribution in [1.82, 2.24) is 4.98 Å². The number of anilines is 2. The van der Waals surface area contributed by atoms with E-state index in [9.17, 15) is 19.7 Å². The average Bonchev–Trinajstić information content (AvgIpc) is 3.18. The van der Waals surface area contributed by atoms with E-state index in [-0.39, 0.29) is 11.3 Å². The fourth-order valence-corrected chi connectivity index (χ4v) is 4.75. The van der Waals surface area contributed by atoms with Gasteiger partial charge in [-0.3, -0.25) is 20.2 Å². The molecule has 1 amide bonds. The van der Waals surface area contributed by atoms with E-state index in [0.29, 0.717) is 16.7 Å². The van der Waals surface area contributed by atoms with E-state index in [0.717, 1.165) is 41.7 Å². The first-order chi connectivity index (χ1) is 15.8. The highest BCUT2D eigenvalue weighted by molar-refractivity contribution is 7.22. The van der Waals surface area contributed by atoms with Crippen molar-refractivity contribution in [2.45, 2.75) is 26.7 Å². The van der Waals surface area contributed by atoms with Crippen molar-refractivity contribution in [3.8, 4) is 0 Å². The first-order valence-electron chi connectivity index (χ1n) is 10.7. The van der Waals surface area contributed by atoms with Gasteiger partial charge in [-0.25, -0.2) is 9.78 Å². The molecule has 2 heterocycles. The molecule has 1 fully saturated rings. The molecular formula is C23H24N4O5S. The van der Waals surface area contributed by atoms with Crippen molar-refractivity contribution in [2.75, 3.05) is 29.9 Å². The van der Waals surface area contributed by atoms with Gasteiger partial charge in [0.25, 0.3) is 11.6 Å². The number of thiazole rings is 1. The Balaban J connectivity index is 1.39. The number of nitro groups is 1. The van der Waals surface area contributed by atoms with Gasteiger partial charge in [-0.2, -0.15) is 0 Å². The molecule has 0 radical (unpaired) electrons. The lowest BCUT2D eigenvalue weighted by molar-refractivity contribution is -0.384. The van der Waals surface area contributed by atoms with E-state index in [1.807, 2.05) is 30.0 Å². The number of hydrogen-bond acceptors (Lipinski definition) is 8. The van der Waals surface area contributed by atoms with Crippen LogP contribution in [0.25, 0.3) is 10.2 Å². The van der Waals surface area contributed by atoms with E-state index in [2.05, 4.69) is 17.2 Å². The molecule has 0 unspecified atom stereocenters. The van der Waals surface area contributed by atoms with Gasteiger partial charge < -0.3 is 9.64 Å². The van der Waals surface area contributed by atoms with Crippen LogP contribution in [-0.4, -0.2) is 41.5 Å². The van der Waals surface area contributed by atoms with Crippen molar-refractivity contribution in [1.29, 1.82) is 0 Å². The quantitative estimate of drug-likeness (QED) is 0.321. The predicted molar refractivity (Wildman–Crippen MR) is 127 cm³/mol. The fraction of sp³-hybridized carbons (Fsp3) is 0.348. The second kappa shape index (κ2) is 9.53. The summed E-state index contributed by atoms with van der Waals surface area (Å²) in [6, 6.07) is 10.1. The molecule has 0 bridgehead atoms. The number of nitro benzene ring substituents is 1. The van der Waals surface area contributed by atoms with Crippen LogP contribution in [0.4, 0.5) is 16.5 Å². The lowest BCUT2D eigenvalue weighted by Gasteiger charge is -2.31.